The summed E-state index contributed by atoms with van der Waals surface area (Å²) >= 11 is 0. The van der Waals surface area contributed by atoms with Crippen LogP contribution in [0.5, 0.6) is 11.5 Å². The van der Waals surface area contributed by atoms with Gasteiger partial charge in [0.1, 0.15) is 22.7 Å². The first-order valence-corrected chi connectivity index (χ1v) is 8.37. The van der Waals surface area contributed by atoms with Gasteiger partial charge in [-0.2, -0.15) is 0 Å². The number of ketones is 2. The van der Waals surface area contributed by atoms with E-state index in [4.69, 9.17) is 9.47 Å². The molecule has 25 heavy (non-hydrogen) atoms. The number of carbonyl (C=O) groups is 2. The molecule has 0 atom stereocenters. The van der Waals surface area contributed by atoms with E-state index in [0.717, 1.165) is 5.56 Å². The summed E-state index contributed by atoms with van der Waals surface area (Å²) in [4.78, 5) is 25.6. The van der Waals surface area contributed by atoms with Crippen LogP contribution in [0.25, 0.3) is 12.2 Å². The zero-order valence-electron chi connectivity index (χ0n) is 15.0. The van der Waals surface area contributed by atoms with Gasteiger partial charge in [-0.15, -0.1) is 0 Å². The van der Waals surface area contributed by atoms with E-state index in [1.165, 1.54) is 6.08 Å². The van der Waals surface area contributed by atoms with Crippen molar-refractivity contribution in [1.29, 1.82) is 0 Å². The maximum Gasteiger partial charge on any atom is 0.190 e. The van der Waals surface area contributed by atoms with Crippen LogP contribution < -0.4 is 9.47 Å². The zero-order chi connectivity index (χ0) is 18.1. The molecule has 1 aromatic rings. The molecule has 1 aliphatic carbocycles. The maximum absolute atomic E-state index is 12.9. The molecule has 0 unspecified atom stereocenters. The van der Waals surface area contributed by atoms with Gasteiger partial charge in [-0.1, -0.05) is 6.08 Å². The molecule has 2 aliphatic heterocycles. The molecule has 0 fully saturated rings. The van der Waals surface area contributed by atoms with E-state index in [1.807, 2.05) is 52.0 Å². The highest BCUT2D eigenvalue weighted by Crippen LogP contribution is 2.49. The van der Waals surface area contributed by atoms with Crippen LogP contribution in [-0.4, -0.2) is 22.8 Å². The Labute approximate surface area is 146 Å². The van der Waals surface area contributed by atoms with Gasteiger partial charge in [-0.05, 0) is 58.9 Å². The van der Waals surface area contributed by atoms with E-state index in [-0.39, 0.29) is 11.6 Å². The van der Waals surface area contributed by atoms with Crippen molar-refractivity contribution in [2.45, 2.75) is 45.8 Å². The quantitative estimate of drug-likeness (QED) is 0.705. The third-order valence-electron chi connectivity index (χ3n) is 4.69. The number of carbonyl (C=O) groups excluding carboxylic acids is 2. The molecule has 3 aliphatic rings. The van der Waals surface area contributed by atoms with E-state index < -0.39 is 11.2 Å². The van der Waals surface area contributed by atoms with Crippen molar-refractivity contribution < 1.29 is 19.1 Å². The maximum atomic E-state index is 12.9. The van der Waals surface area contributed by atoms with Gasteiger partial charge >= 0.3 is 0 Å². The molecule has 0 amide bonds. The van der Waals surface area contributed by atoms with Crippen LogP contribution in [0.3, 0.4) is 0 Å². The molecule has 4 nitrogen and oxygen atoms in total. The summed E-state index contributed by atoms with van der Waals surface area (Å²) < 4.78 is 12.3. The molecule has 2 heterocycles. The van der Waals surface area contributed by atoms with Gasteiger partial charge in [0.15, 0.2) is 11.6 Å². The lowest BCUT2D eigenvalue weighted by Gasteiger charge is -2.36. The molecular weight excluding hydrogens is 316 g/mol. The first-order valence-electron chi connectivity index (χ1n) is 8.37. The second-order valence-corrected chi connectivity index (χ2v) is 7.83. The fourth-order valence-corrected chi connectivity index (χ4v) is 3.44. The summed E-state index contributed by atoms with van der Waals surface area (Å²) in [5.74, 6) is 0.686. The number of benzene rings is 1. The van der Waals surface area contributed by atoms with Gasteiger partial charge in [-0.25, -0.2) is 0 Å². The second kappa shape index (κ2) is 4.72. The monoisotopic (exact) mass is 336 g/mol. The summed E-state index contributed by atoms with van der Waals surface area (Å²) in [6, 6.07) is 0. The lowest BCUT2D eigenvalue weighted by molar-refractivity contribution is 0.0969. The van der Waals surface area contributed by atoms with Gasteiger partial charge in [0, 0.05) is 16.7 Å². The summed E-state index contributed by atoms with van der Waals surface area (Å²) in [5.41, 5.74) is 1.48. The van der Waals surface area contributed by atoms with Crippen LogP contribution in [0.4, 0.5) is 0 Å². The Morgan fingerprint density at radius 3 is 2.00 bits per heavy atom. The molecular formula is C21H20O4. The molecule has 0 aromatic heterocycles. The Bertz CT molecular complexity index is 939. The largest absolute Gasteiger partial charge is 0.482 e. The Balaban J connectivity index is 2.12. The van der Waals surface area contributed by atoms with Crippen LogP contribution in [0.15, 0.2) is 23.8 Å². The topological polar surface area (TPSA) is 52.6 Å². The summed E-state index contributed by atoms with van der Waals surface area (Å²) in [6.45, 7) is 9.40. The van der Waals surface area contributed by atoms with Crippen molar-refractivity contribution in [2.75, 3.05) is 0 Å². The molecule has 4 rings (SSSR count). The van der Waals surface area contributed by atoms with Crippen molar-refractivity contribution in [1.82, 2.24) is 0 Å². The highest BCUT2D eigenvalue weighted by molar-refractivity contribution is 6.27. The van der Waals surface area contributed by atoms with Gasteiger partial charge in [0.05, 0.1) is 11.1 Å². The fourth-order valence-electron chi connectivity index (χ4n) is 3.44. The molecule has 0 saturated heterocycles. The third-order valence-corrected chi connectivity index (χ3v) is 4.69. The van der Waals surface area contributed by atoms with Crippen molar-refractivity contribution >= 4 is 23.7 Å². The highest BCUT2D eigenvalue weighted by atomic mass is 16.5. The van der Waals surface area contributed by atoms with Crippen LogP contribution in [0.1, 0.15) is 66.5 Å². The number of hydrogen-bond acceptors (Lipinski definition) is 4. The Kier molecular flexibility index (Phi) is 3.00. The van der Waals surface area contributed by atoms with E-state index in [0.29, 0.717) is 33.8 Å². The molecule has 0 radical (unpaired) electrons. The van der Waals surface area contributed by atoms with E-state index in [1.54, 1.807) is 6.92 Å². The lowest BCUT2D eigenvalue weighted by Crippen LogP contribution is -2.33. The van der Waals surface area contributed by atoms with Crippen LogP contribution in [0, 0.1) is 0 Å². The second-order valence-electron chi connectivity index (χ2n) is 7.83. The van der Waals surface area contributed by atoms with Gasteiger partial charge in [0.2, 0.25) is 0 Å². The van der Waals surface area contributed by atoms with Crippen molar-refractivity contribution in [3.05, 3.63) is 46.1 Å². The van der Waals surface area contributed by atoms with Crippen LogP contribution >= 0.6 is 0 Å². The number of hydrogen-bond donors (Lipinski definition) is 0. The van der Waals surface area contributed by atoms with Crippen LogP contribution in [-0.2, 0) is 0 Å². The predicted molar refractivity (Wildman–Crippen MR) is 96.3 cm³/mol. The van der Waals surface area contributed by atoms with Crippen LogP contribution in [0.2, 0.25) is 0 Å². The summed E-state index contributed by atoms with van der Waals surface area (Å²) in [7, 11) is 0. The number of ether oxygens (including phenoxy) is 2. The summed E-state index contributed by atoms with van der Waals surface area (Å²) in [5, 5.41) is 0. The third kappa shape index (κ3) is 2.28. The normalized spacial score (nSPS) is 21.6. The van der Waals surface area contributed by atoms with Gasteiger partial charge in [-0.3, -0.25) is 9.59 Å². The molecule has 0 saturated carbocycles. The van der Waals surface area contributed by atoms with E-state index >= 15 is 0 Å². The van der Waals surface area contributed by atoms with Crippen molar-refractivity contribution in [2.24, 2.45) is 0 Å². The first kappa shape index (κ1) is 15.9. The highest BCUT2D eigenvalue weighted by Gasteiger charge is 2.39. The number of fused-ring (bicyclic) bond motifs is 6. The van der Waals surface area contributed by atoms with E-state index in [9.17, 15) is 9.59 Å². The fraction of sp³-hybridized carbons (Fsp3) is 0.333. The first-order chi connectivity index (χ1) is 11.6. The average Bonchev–Trinajstić information content (AvgIpc) is 2.49. The minimum atomic E-state index is -0.561. The number of Topliss-reactive ketones (excluding diaryl/α,β-unsaturated/α-hetero) is 1. The Hall–Kier alpha value is -2.62. The van der Waals surface area contributed by atoms with Crippen molar-refractivity contribution in [3.8, 4) is 11.5 Å². The van der Waals surface area contributed by atoms with Gasteiger partial charge in [0.25, 0.3) is 0 Å². The zero-order valence-corrected chi connectivity index (χ0v) is 15.0. The number of rotatable bonds is 0. The number of allylic oxidation sites excluding steroid dienone is 2. The summed E-state index contributed by atoms with van der Waals surface area (Å²) in [6.07, 6.45) is 9.05. The molecule has 1 aromatic carbocycles. The molecule has 0 N–H and O–H groups in total. The SMILES string of the molecule is CC1=CC(=O)c2c3c(c4c(c2C1=O)C=CC(C)(C)O4)C=CC(C)(C)O3. The standard InChI is InChI=1S/C21H20O4/c1-11-10-14(22)16-15(17(11)23)12-6-8-20(2,3)24-18(12)13-7-9-21(4,5)25-19(13)16/h6-10H,1-5H3. The van der Waals surface area contributed by atoms with Gasteiger partial charge < -0.3 is 9.47 Å². The Morgan fingerprint density at radius 1 is 0.800 bits per heavy atom. The molecule has 4 heteroatoms. The predicted octanol–water partition coefficient (Wildman–Crippen LogP) is 4.38. The van der Waals surface area contributed by atoms with E-state index in [2.05, 4.69) is 0 Å². The molecule has 0 spiro atoms. The molecule has 128 valence electrons. The lowest BCUT2D eigenvalue weighted by atomic mass is 9.81. The van der Waals surface area contributed by atoms with Crippen molar-refractivity contribution in [3.63, 3.8) is 0 Å². The smallest absolute Gasteiger partial charge is 0.190 e. The Morgan fingerprint density at radius 2 is 1.36 bits per heavy atom. The average molecular weight is 336 g/mol. The minimum absolute atomic E-state index is 0.155. The minimum Gasteiger partial charge on any atom is -0.482 e. The molecule has 0 bridgehead atoms.